The predicted octanol–water partition coefficient (Wildman–Crippen LogP) is 14.4. The van der Waals surface area contributed by atoms with Crippen LogP contribution < -0.4 is 0 Å². The van der Waals surface area contributed by atoms with Gasteiger partial charge in [0.05, 0.1) is 11.0 Å². The van der Waals surface area contributed by atoms with E-state index >= 15 is 0 Å². The second-order valence-corrected chi connectivity index (χ2v) is 16.5. The molecule has 0 aliphatic carbocycles. The van der Waals surface area contributed by atoms with Crippen molar-refractivity contribution in [3.8, 4) is 51.0 Å². The van der Waals surface area contributed by atoms with E-state index in [4.69, 9.17) is 15.0 Å². The lowest BCUT2D eigenvalue weighted by molar-refractivity contribution is 1.08. The number of hydrogen-bond donors (Lipinski definition) is 0. The molecule has 0 amide bonds. The molecule has 6 heteroatoms. The maximum absolute atomic E-state index is 5.22. The van der Waals surface area contributed by atoms with Gasteiger partial charge in [-0.3, -0.25) is 0 Å². The average Bonchev–Trinajstić information content (AvgIpc) is 3.96. The summed E-state index contributed by atoms with van der Waals surface area (Å²) in [5, 5.41) is 7.34. The van der Waals surface area contributed by atoms with E-state index in [0.29, 0.717) is 17.5 Å². The van der Waals surface area contributed by atoms with E-state index in [2.05, 4.69) is 168 Å². The molecule has 12 aromatic rings. The smallest absolute Gasteiger partial charge is 0.164 e. The largest absolute Gasteiger partial charge is 0.309 e. The number of aromatic nitrogens is 4. The first-order valence-corrected chi connectivity index (χ1v) is 20.7. The Kier molecular flexibility index (Phi) is 7.24. The summed E-state index contributed by atoms with van der Waals surface area (Å²) in [6.45, 7) is 0. The molecule has 4 nitrogen and oxygen atoms in total. The van der Waals surface area contributed by atoms with Gasteiger partial charge in [-0.2, -0.15) is 0 Å². The highest BCUT2D eigenvalue weighted by Crippen LogP contribution is 2.43. The van der Waals surface area contributed by atoms with Crippen LogP contribution in [-0.2, 0) is 0 Å². The molecule has 0 unspecified atom stereocenters. The average molecular weight is 763 g/mol. The highest BCUT2D eigenvalue weighted by atomic mass is 32.1. The number of nitrogens with zero attached hydrogens (tertiary/aromatic N) is 4. The van der Waals surface area contributed by atoms with Gasteiger partial charge in [0, 0.05) is 79.1 Å². The third-order valence-corrected chi connectivity index (χ3v) is 13.3. The van der Waals surface area contributed by atoms with Crippen molar-refractivity contribution in [3.05, 3.63) is 182 Å². The number of thiophene rings is 2. The minimum Gasteiger partial charge on any atom is -0.309 e. The SMILES string of the molecule is c1ccc(-c2nc(-c3ccc4sc5cc(-c6cccc7c8ccccc8n(-c8ccccc8)c67)ccc5c4c3)nc(-c3cccc4sc5ccccc5c34)n2)cc1. The third kappa shape index (κ3) is 5.15. The fourth-order valence-electron chi connectivity index (χ4n) is 8.48. The highest BCUT2D eigenvalue weighted by molar-refractivity contribution is 7.26. The summed E-state index contributed by atoms with van der Waals surface area (Å²) in [5.41, 5.74) is 8.94. The van der Waals surface area contributed by atoms with E-state index in [-0.39, 0.29) is 0 Å². The zero-order chi connectivity index (χ0) is 37.5. The van der Waals surface area contributed by atoms with Crippen molar-refractivity contribution in [1.82, 2.24) is 19.5 Å². The minimum atomic E-state index is 0.661. The molecule has 0 saturated carbocycles. The molecule has 4 aromatic heterocycles. The van der Waals surface area contributed by atoms with Crippen molar-refractivity contribution >= 4 is 84.8 Å². The summed E-state index contributed by atoms with van der Waals surface area (Å²) in [7, 11) is 0. The molecule has 4 heterocycles. The van der Waals surface area contributed by atoms with E-state index in [9.17, 15) is 0 Å². The molecular formula is C51H30N4S2. The Hall–Kier alpha value is -6.99. The van der Waals surface area contributed by atoms with E-state index in [1.165, 1.54) is 73.3 Å². The van der Waals surface area contributed by atoms with Gasteiger partial charge in [0.1, 0.15) is 0 Å². The maximum Gasteiger partial charge on any atom is 0.164 e. The Labute approximate surface area is 335 Å². The summed E-state index contributed by atoms with van der Waals surface area (Å²) >= 11 is 3.63. The van der Waals surface area contributed by atoms with Crippen LogP contribution in [-0.4, -0.2) is 19.5 Å². The lowest BCUT2D eigenvalue weighted by Crippen LogP contribution is -2.00. The Morgan fingerprint density at radius 2 is 0.982 bits per heavy atom. The number of hydrogen-bond acceptors (Lipinski definition) is 5. The second-order valence-electron chi connectivity index (χ2n) is 14.4. The molecule has 0 N–H and O–H groups in total. The summed E-state index contributed by atoms with van der Waals surface area (Å²) in [6, 6.07) is 64.9. The maximum atomic E-state index is 5.22. The van der Waals surface area contributed by atoms with E-state index in [1.807, 2.05) is 29.5 Å². The monoisotopic (exact) mass is 762 g/mol. The quantitative estimate of drug-likeness (QED) is 0.175. The first-order valence-electron chi connectivity index (χ1n) is 19.0. The van der Waals surface area contributed by atoms with Crippen LogP contribution in [0, 0.1) is 0 Å². The summed E-state index contributed by atoms with van der Waals surface area (Å²) in [6.07, 6.45) is 0. The normalized spacial score (nSPS) is 11.9. The Bertz CT molecular complexity index is 3530. The van der Waals surface area contributed by atoms with Crippen molar-refractivity contribution in [3.63, 3.8) is 0 Å². The van der Waals surface area contributed by atoms with Crippen molar-refractivity contribution in [2.45, 2.75) is 0 Å². The van der Waals surface area contributed by atoms with Crippen LogP contribution in [0.25, 0.3) is 113 Å². The number of fused-ring (bicyclic) bond motifs is 9. The standard InChI is InChI=1S/C51H30N4S2/c1-3-13-31(14-4-1)49-52-50(54-51(53-49)40-21-12-24-45-47(40)39-18-8-10-23-43(39)56-45)33-26-28-44-41(29-33)37-27-25-32(30-46(37)57-44)35-19-11-20-38-36-17-7-9-22-42(36)55(48(35)38)34-15-5-2-6-16-34/h1-30H. The predicted molar refractivity (Wildman–Crippen MR) is 242 cm³/mol. The van der Waals surface area contributed by atoms with Gasteiger partial charge in [0.25, 0.3) is 0 Å². The molecule has 0 aliphatic heterocycles. The van der Waals surface area contributed by atoms with Gasteiger partial charge in [-0.25, -0.2) is 15.0 Å². The topological polar surface area (TPSA) is 43.6 Å². The van der Waals surface area contributed by atoms with Crippen LogP contribution in [0.5, 0.6) is 0 Å². The Morgan fingerprint density at radius 1 is 0.351 bits per heavy atom. The van der Waals surface area contributed by atoms with Crippen molar-refractivity contribution in [1.29, 1.82) is 0 Å². The molecule has 266 valence electrons. The van der Waals surface area contributed by atoms with Crippen LogP contribution >= 0.6 is 22.7 Å². The van der Waals surface area contributed by atoms with Crippen molar-refractivity contribution in [2.75, 3.05) is 0 Å². The fourth-order valence-corrected chi connectivity index (χ4v) is 10.7. The summed E-state index contributed by atoms with van der Waals surface area (Å²) in [4.78, 5) is 15.5. The van der Waals surface area contributed by atoms with Crippen molar-refractivity contribution < 1.29 is 0 Å². The minimum absolute atomic E-state index is 0.661. The van der Waals surface area contributed by atoms with Gasteiger partial charge >= 0.3 is 0 Å². The van der Waals surface area contributed by atoms with Gasteiger partial charge in [-0.15, -0.1) is 22.7 Å². The lowest BCUT2D eigenvalue weighted by Gasteiger charge is -2.12. The molecule has 0 saturated heterocycles. The molecule has 0 radical (unpaired) electrons. The van der Waals surface area contributed by atoms with Crippen molar-refractivity contribution in [2.24, 2.45) is 0 Å². The van der Waals surface area contributed by atoms with Gasteiger partial charge in [0.2, 0.25) is 0 Å². The molecule has 0 atom stereocenters. The van der Waals surface area contributed by atoms with E-state index in [0.717, 1.165) is 22.4 Å². The van der Waals surface area contributed by atoms with Gasteiger partial charge < -0.3 is 4.57 Å². The summed E-state index contributed by atoms with van der Waals surface area (Å²) < 4.78 is 7.37. The second kappa shape index (κ2) is 12.8. The van der Waals surface area contributed by atoms with Gasteiger partial charge in [0.15, 0.2) is 17.5 Å². The molecule has 8 aromatic carbocycles. The molecule has 57 heavy (non-hydrogen) atoms. The molecule has 0 bridgehead atoms. The van der Waals surface area contributed by atoms with E-state index < -0.39 is 0 Å². The zero-order valence-corrected chi connectivity index (χ0v) is 32.1. The lowest BCUT2D eigenvalue weighted by atomic mass is 10.00. The van der Waals surface area contributed by atoms with Crippen LogP contribution in [0.2, 0.25) is 0 Å². The van der Waals surface area contributed by atoms with Crippen LogP contribution in [0.1, 0.15) is 0 Å². The third-order valence-electron chi connectivity index (χ3n) is 11.1. The van der Waals surface area contributed by atoms with Gasteiger partial charge in [-0.05, 0) is 60.2 Å². The fraction of sp³-hybridized carbons (Fsp3) is 0. The highest BCUT2D eigenvalue weighted by Gasteiger charge is 2.19. The zero-order valence-electron chi connectivity index (χ0n) is 30.4. The Morgan fingerprint density at radius 3 is 1.86 bits per heavy atom. The first kappa shape index (κ1) is 32.3. The first-order chi connectivity index (χ1) is 28.2. The number of benzene rings is 8. The van der Waals surface area contributed by atoms with Gasteiger partial charge in [-0.1, -0.05) is 127 Å². The van der Waals surface area contributed by atoms with E-state index in [1.54, 1.807) is 11.3 Å². The number of para-hydroxylation sites is 3. The molecular weight excluding hydrogens is 733 g/mol. The molecule has 0 fully saturated rings. The molecule has 12 rings (SSSR count). The molecule has 0 aliphatic rings. The van der Waals surface area contributed by atoms with Crippen LogP contribution in [0.15, 0.2) is 182 Å². The Balaban J connectivity index is 1.02. The van der Waals surface area contributed by atoms with Crippen LogP contribution in [0.4, 0.5) is 0 Å². The van der Waals surface area contributed by atoms with Crippen LogP contribution in [0.3, 0.4) is 0 Å². The molecule has 0 spiro atoms. The summed E-state index contributed by atoms with van der Waals surface area (Å²) in [5.74, 6) is 2.00. The number of rotatable bonds is 5.